The zero-order valence-corrected chi connectivity index (χ0v) is 25.5. The molecule has 2 heterocycles. The molecule has 1 atom stereocenters. The highest BCUT2D eigenvalue weighted by atomic mass is 32.2. The van der Waals surface area contributed by atoms with Crippen LogP contribution in [0.5, 0.6) is 0 Å². The lowest BCUT2D eigenvalue weighted by molar-refractivity contribution is -0.0165. The molecular weight excluding hydrogens is 460 g/mol. The molecule has 1 aromatic carbocycles. The van der Waals surface area contributed by atoms with E-state index in [0.29, 0.717) is 6.04 Å². The van der Waals surface area contributed by atoms with E-state index in [9.17, 15) is 0 Å². The topological polar surface area (TPSA) is 22.1 Å². The molecule has 2 aliphatic heterocycles. The fourth-order valence-electron chi connectivity index (χ4n) is 5.23. The van der Waals surface area contributed by atoms with Gasteiger partial charge in [0.15, 0.2) is 0 Å². The van der Waals surface area contributed by atoms with Gasteiger partial charge in [-0.1, -0.05) is 67.6 Å². The average molecular weight is 513 g/mol. The van der Waals surface area contributed by atoms with Gasteiger partial charge in [0.1, 0.15) is 0 Å². The molecule has 4 nitrogen and oxygen atoms in total. The molecule has 0 bridgehead atoms. The van der Waals surface area contributed by atoms with Crippen molar-refractivity contribution in [3.63, 3.8) is 0 Å². The van der Waals surface area contributed by atoms with Crippen LogP contribution < -0.4 is 0 Å². The Morgan fingerprint density at radius 3 is 2.19 bits per heavy atom. The third kappa shape index (κ3) is 8.22. The van der Waals surface area contributed by atoms with Gasteiger partial charge in [0.2, 0.25) is 0 Å². The molecule has 0 N–H and O–H groups in total. The lowest BCUT2D eigenvalue weighted by Gasteiger charge is -2.52. The average Bonchev–Trinajstić information content (AvgIpc) is 2.86. The Kier molecular flexibility index (Phi) is 12.3. The second-order valence-electron chi connectivity index (χ2n) is 10.6. The maximum atomic E-state index is 4.64. The maximum absolute atomic E-state index is 4.64. The largest absolute Gasteiger partial charge is 0.366 e. The van der Waals surface area contributed by atoms with Crippen LogP contribution in [0.25, 0.3) is 0 Å². The molecule has 1 aromatic rings. The summed E-state index contributed by atoms with van der Waals surface area (Å²) in [5.41, 5.74) is 5.50. The molecule has 0 spiro atoms. The van der Waals surface area contributed by atoms with Gasteiger partial charge in [-0.05, 0) is 66.9 Å². The van der Waals surface area contributed by atoms with Gasteiger partial charge in [-0.3, -0.25) is 14.8 Å². The molecule has 1 unspecified atom stereocenters. The SMILES string of the molecule is C=C(SC(C(C)=NCC)=C(C)C)N1CCC(C)(N2CCN(Cc3ccc(C)cc3)C(C)C2)CC1.CC. The molecule has 5 heteroatoms. The predicted molar refractivity (Wildman–Crippen MR) is 162 cm³/mol. The molecule has 0 aliphatic carbocycles. The van der Waals surface area contributed by atoms with E-state index in [1.807, 2.05) is 13.8 Å². The van der Waals surface area contributed by atoms with E-state index in [4.69, 9.17) is 0 Å². The molecule has 2 fully saturated rings. The lowest BCUT2D eigenvalue weighted by Crippen LogP contribution is -2.61. The number of piperazine rings is 1. The highest BCUT2D eigenvalue weighted by Gasteiger charge is 2.39. The second-order valence-corrected chi connectivity index (χ2v) is 11.7. The minimum atomic E-state index is 0.282. The Bertz CT molecular complexity index is 890. The zero-order chi connectivity index (χ0) is 26.9. The van der Waals surface area contributed by atoms with E-state index in [0.717, 1.165) is 51.5 Å². The molecule has 2 saturated heterocycles. The number of rotatable bonds is 8. The summed E-state index contributed by atoms with van der Waals surface area (Å²) in [5.74, 6) is 0. The van der Waals surface area contributed by atoms with Gasteiger partial charge >= 0.3 is 0 Å². The first kappa shape index (κ1) is 30.7. The Morgan fingerprint density at radius 2 is 1.67 bits per heavy atom. The van der Waals surface area contributed by atoms with Gasteiger partial charge < -0.3 is 4.90 Å². The summed E-state index contributed by atoms with van der Waals surface area (Å²) < 4.78 is 0. The van der Waals surface area contributed by atoms with Crippen molar-refractivity contribution in [2.75, 3.05) is 39.3 Å². The van der Waals surface area contributed by atoms with Crippen LogP contribution in [0.15, 0.2) is 51.3 Å². The Hall–Kier alpha value is -1.56. The Morgan fingerprint density at radius 1 is 1.06 bits per heavy atom. The molecule has 202 valence electrons. The standard InChI is InChI=1S/C29H46N4S.C2H6/c1-9-30-25(6)28(22(2)3)34-26(7)31-16-14-29(8,15-17-31)33-19-18-32(24(5)20-33)21-27-12-10-23(4)11-13-27;1-2/h10-13,24H,7,9,14-21H2,1-6,8H3;1-2H3. The third-order valence-corrected chi connectivity index (χ3v) is 9.03. The van der Waals surface area contributed by atoms with Crippen LogP contribution in [-0.4, -0.2) is 71.3 Å². The Labute approximate surface area is 226 Å². The number of thioether (sulfide) groups is 1. The quantitative estimate of drug-likeness (QED) is 0.339. The van der Waals surface area contributed by atoms with Crippen molar-refractivity contribution in [2.24, 2.45) is 4.99 Å². The third-order valence-electron chi connectivity index (χ3n) is 7.63. The van der Waals surface area contributed by atoms with E-state index in [2.05, 4.69) is 99.0 Å². The number of benzene rings is 1. The highest BCUT2D eigenvalue weighted by molar-refractivity contribution is 8.07. The molecule has 3 rings (SSSR count). The van der Waals surface area contributed by atoms with Crippen LogP contribution in [-0.2, 0) is 6.54 Å². The monoisotopic (exact) mass is 512 g/mol. The lowest BCUT2D eigenvalue weighted by atomic mass is 9.86. The number of likely N-dealkylation sites (tertiary alicyclic amines) is 1. The number of hydrogen-bond acceptors (Lipinski definition) is 5. The second kappa shape index (κ2) is 14.4. The molecule has 0 radical (unpaired) electrons. The fraction of sp³-hybridized carbons (Fsp3) is 0.645. The van der Waals surface area contributed by atoms with Gasteiger partial charge in [-0.25, -0.2) is 0 Å². The number of aliphatic imine (C=N–C) groups is 1. The summed E-state index contributed by atoms with van der Waals surface area (Å²) in [4.78, 5) is 13.8. The predicted octanol–water partition coefficient (Wildman–Crippen LogP) is 7.36. The first-order valence-corrected chi connectivity index (χ1v) is 14.8. The number of hydrogen-bond donors (Lipinski definition) is 0. The van der Waals surface area contributed by atoms with Crippen molar-refractivity contribution in [3.8, 4) is 0 Å². The Balaban J connectivity index is 0.00000222. The van der Waals surface area contributed by atoms with Crippen molar-refractivity contribution in [2.45, 2.75) is 93.3 Å². The number of aryl methyl sites for hydroxylation is 1. The van der Waals surface area contributed by atoms with Crippen LogP contribution in [0.1, 0.15) is 79.4 Å². The van der Waals surface area contributed by atoms with Gasteiger partial charge in [0.05, 0.1) is 5.03 Å². The van der Waals surface area contributed by atoms with Crippen molar-refractivity contribution in [3.05, 3.63) is 57.5 Å². The van der Waals surface area contributed by atoms with Gasteiger partial charge in [0.25, 0.3) is 0 Å². The van der Waals surface area contributed by atoms with Gasteiger partial charge in [-0.15, -0.1) is 0 Å². The first-order valence-electron chi connectivity index (χ1n) is 14.0. The molecule has 0 aromatic heterocycles. The minimum absolute atomic E-state index is 0.282. The minimum Gasteiger partial charge on any atom is -0.366 e. The summed E-state index contributed by atoms with van der Waals surface area (Å²) in [6.45, 7) is 31.6. The molecule has 0 saturated carbocycles. The van der Waals surface area contributed by atoms with Gasteiger partial charge in [0, 0.05) is 68.0 Å². The summed E-state index contributed by atoms with van der Waals surface area (Å²) >= 11 is 1.81. The van der Waals surface area contributed by atoms with E-state index < -0.39 is 0 Å². The molecule has 2 aliphatic rings. The van der Waals surface area contributed by atoms with Crippen molar-refractivity contribution < 1.29 is 0 Å². The van der Waals surface area contributed by atoms with E-state index in [1.165, 1.54) is 39.5 Å². The molecular formula is C31H52N4S. The summed E-state index contributed by atoms with van der Waals surface area (Å²) in [7, 11) is 0. The van der Waals surface area contributed by atoms with Crippen LogP contribution in [0.2, 0.25) is 0 Å². The van der Waals surface area contributed by atoms with Gasteiger partial charge in [-0.2, -0.15) is 0 Å². The number of allylic oxidation sites excluding steroid dienone is 2. The number of piperidine rings is 1. The summed E-state index contributed by atoms with van der Waals surface area (Å²) in [6.07, 6.45) is 2.40. The maximum Gasteiger partial charge on any atom is 0.0683 e. The summed E-state index contributed by atoms with van der Waals surface area (Å²) in [5, 5.41) is 1.17. The van der Waals surface area contributed by atoms with E-state index in [-0.39, 0.29) is 5.54 Å². The fourth-order valence-corrected chi connectivity index (χ4v) is 6.20. The van der Waals surface area contributed by atoms with Crippen molar-refractivity contribution in [1.29, 1.82) is 0 Å². The smallest absolute Gasteiger partial charge is 0.0683 e. The van der Waals surface area contributed by atoms with Crippen molar-refractivity contribution >= 4 is 17.5 Å². The van der Waals surface area contributed by atoms with Crippen LogP contribution in [0.3, 0.4) is 0 Å². The summed E-state index contributed by atoms with van der Waals surface area (Å²) in [6, 6.07) is 9.61. The normalized spacial score (nSPS) is 21.0. The first-order chi connectivity index (χ1) is 17.1. The number of nitrogens with zero attached hydrogens (tertiary/aromatic N) is 4. The van der Waals surface area contributed by atoms with E-state index >= 15 is 0 Å². The van der Waals surface area contributed by atoms with Crippen molar-refractivity contribution in [1.82, 2.24) is 14.7 Å². The van der Waals surface area contributed by atoms with Crippen LogP contribution in [0, 0.1) is 6.92 Å². The molecule has 0 amide bonds. The molecule has 36 heavy (non-hydrogen) atoms. The van der Waals surface area contributed by atoms with E-state index in [1.54, 1.807) is 11.8 Å². The highest BCUT2D eigenvalue weighted by Crippen LogP contribution is 2.36. The zero-order valence-electron chi connectivity index (χ0n) is 24.7. The van der Waals surface area contributed by atoms with Crippen LogP contribution in [0.4, 0.5) is 0 Å². The van der Waals surface area contributed by atoms with Crippen LogP contribution >= 0.6 is 11.8 Å².